The van der Waals surface area contributed by atoms with E-state index in [2.05, 4.69) is 10.6 Å². The van der Waals surface area contributed by atoms with Crippen LogP contribution in [-0.2, 0) is 4.57 Å². The van der Waals surface area contributed by atoms with Gasteiger partial charge in [0.15, 0.2) is 5.11 Å². The number of hydrogen-bond acceptors (Lipinski definition) is 2. The third-order valence-corrected chi connectivity index (χ3v) is 5.19. The highest BCUT2D eigenvalue weighted by Gasteiger charge is 2.11. The summed E-state index contributed by atoms with van der Waals surface area (Å²) < 4.78 is 12.1. The van der Waals surface area contributed by atoms with Gasteiger partial charge in [-0.1, -0.05) is 35.3 Å². The number of nitrogens with one attached hydrogen (secondary N) is 2. The summed E-state index contributed by atoms with van der Waals surface area (Å²) in [6.45, 7) is 3.46. The van der Waals surface area contributed by atoms with Crippen molar-refractivity contribution in [1.29, 1.82) is 0 Å². The van der Waals surface area contributed by atoms with Gasteiger partial charge < -0.3 is 15.2 Å². The van der Waals surface area contributed by atoms with Crippen LogP contribution < -0.4 is 15.9 Å². The Labute approximate surface area is 145 Å². The number of hydrogen-bond donors (Lipinski definition) is 2. The summed E-state index contributed by atoms with van der Waals surface area (Å²) >= 11 is 17.3. The summed E-state index contributed by atoms with van der Waals surface area (Å²) in [5.41, 5.74) is 1.39. The molecule has 0 aliphatic carbocycles. The molecule has 0 spiro atoms. The molecule has 2 rings (SSSR count). The standard InChI is InChI=1S/C15H15Cl2N2OPS/c1-21(2,20)12-5-3-4-11(9-12)18-15(22)19-14-8-10(16)6-7-13(14)17/h3-9H,1-2H3,(H2,18,19,22). The minimum absolute atomic E-state index is 0.378. The third-order valence-electron chi connectivity index (χ3n) is 2.90. The average Bonchev–Trinajstić information content (AvgIpc) is 2.42. The highest BCUT2D eigenvalue weighted by molar-refractivity contribution is 7.80. The van der Waals surface area contributed by atoms with Crippen molar-refractivity contribution in [1.82, 2.24) is 0 Å². The van der Waals surface area contributed by atoms with Crippen molar-refractivity contribution in [2.75, 3.05) is 24.0 Å². The van der Waals surface area contributed by atoms with Crippen LogP contribution in [0.3, 0.4) is 0 Å². The molecule has 0 saturated heterocycles. The molecular weight excluding hydrogens is 358 g/mol. The molecule has 0 radical (unpaired) electrons. The first-order valence-electron chi connectivity index (χ1n) is 6.44. The number of rotatable bonds is 3. The molecule has 0 aliphatic rings. The van der Waals surface area contributed by atoms with E-state index in [1.807, 2.05) is 24.3 Å². The predicted molar refractivity (Wildman–Crippen MR) is 102 cm³/mol. The first kappa shape index (κ1) is 17.3. The fourth-order valence-electron chi connectivity index (χ4n) is 1.80. The molecule has 0 atom stereocenters. The van der Waals surface area contributed by atoms with Crippen molar-refractivity contribution in [2.45, 2.75) is 0 Å². The second kappa shape index (κ2) is 7.01. The van der Waals surface area contributed by atoms with E-state index in [1.165, 1.54) is 0 Å². The van der Waals surface area contributed by atoms with E-state index < -0.39 is 7.14 Å². The highest BCUT2D eigenvalue weighted by Crippen LogP contribution is 2.35. The topological polar surface area (TPSA) is 41.1 Å². The Morgan fingerprint density at radius 1 is 1.09 bits per heavy atom. The third kappa shape index (κ3) is 4.72. The van der Waals surface area contributed by atoms with Crippen LogP contribution in [0.5, 0.6) is 0 Å². The second-order valence-electron chi connectivity index (χ2n) is 5.10. The van der Waals surface area contributed by atoms with Crippen molar-refractivity contribution in [3.8, 4) is 0 Å². The van der Waals surface area contributed by atoms with E-state index in [4.69, 9.17) is 35.4 Å². The number of thiocarbonyl (C=S) groups is 1. The van der Waals surface area contributed by atoms with Gasteiger partial charge in [0, 0.05) is 16.0 Å². The lowest BCUT2D eigenvalue weighted by Crippen LogP contribution is -2.20. The quantitative estimate of drug-likeness (QED) is 0.584. The number of halogens is 2. The average molecular weight is 373 g/mol. The van der Waals surface area contributed by atoms with Gasteiger partial charge in [-0.3, -0.25) is 0 Å². The molecule has 0 aromatic heterocycles. The second-order valence-corrected chi connectivity index (χ2v) is 9.57. The normalized spacial score (nSPS) is 11.1. The van der Waals surface area contributed by atoms with E-state index in [-0.39, 0.29) is 0 Å². The molecule has 22 heavy (non-hydrogen) atoms. The summed E-state index contributed by atoms with van der Waals surface area (Å²) in [6.07, 6.45) is 0. The first-order chi connectivity index (χ1) is 10.3. The molecule has 2 aromatic carbocycles. The Hall–Kier alpha value is -1.06. The molecule has 116 valence electrons. The lowest BCUT2D eigenvalue weighted by atomic mass is 10.3. The Kier molecular flexibility index (Phi) is 5.51. The minimum atomic E-state index is -2.31. The SMILES string of the molecule is CP(C)(=O)c1cccc(NC(=S)Nc2cc(Cl)ccc2Cl)c1. The largest absolute Gasteiger partial charge is 0.332 e. The van der Waals surface area contributed by atoms with Gasteiger partial charge in [0.25, 0.3) is 0 Å². The maximum Gasteiger partial charge on any atom is 0.175 e. The molecule has 0 unspecified atom stereocenters. The monoisotopic (exact) mass is 372 g/mol. The summed E-state index contributed by atoms with van der Waals surface area (Å²) in [7, 11) is -2.31. The van der Waals surface area contributed by atoms with Crippen LogP contribution in [0.15, 0.2) is 42.5 Å². The minimum Gasteiger partial charge on any atom is -0.332 e. The van der Waals surface area contributed by atoms with E-state index in [0.717, 1.165) is 11.0 Å². The van der Waals surface area contributed by atoms with Gasteiger partial charge in [0.1, 0.15) is 7.14 Å². The smallest absolute Gasteiger partial charge is 0.175 e. The maximum absolute atomic E-state index is 12.1. The van der Waals surface area contributed by atoms with E-state index in [9.17, 15) is 4.57 Å². The molecule has 0 aliphatic heterocycles. The Balaban J connectivity index is 2.13. The van der Waals surface area contributed by atoms with Crippen molar-refractivity contribution in [2.24, 2.45) is 0 Å². The van der Waals surface area contributed by atoms with Gasteiger partial charge in [0.05, 0.1) is 10.7 Å². The van der Waals surface area contributed by atoms with Crippen LogP contribution >= 0.6 is 42.6 Å². The van der Waals surface area contributed by atoms with E-state index in [1.54, 1.807) is 31.5 Å². The lowest BCUT2D eigenvalue weighted by Gasteiger charge is -2.14. The zero-order valence-corrected chi connectivity index (χ0v) is 15.3. The first-order valence-corrected chi connectivity index (χ1v) is 10.2. The molecule has 2 aromatic rings. The van der Waals surface area contributed by atoms with E-state index in [0.29, 0.717) is 20.8 Å². The number of benzene rings is 2. The zero-order valence-electron chi connectivity index (χ0n) is 12.1. The molecular formula is C15H15Cl2N2OPS. The maximum atomic E-state index is 12.1. The van der Waals surface area contributed by atoms with Gasteiger partial charge in [-0.15, -0.1) is 0 Å². The summed E-state index contributed by atoms with van der Waals surface area (Å²) in [5.74, 6) is 0. The van der Waals surface area contributed by atoms with Crippen molar-refractivity contribution < 1.29 is 4.57 Å². The predicted octanol–water partition coefficient (Wildman–Crippen LogP) is 5.05. The van der Waals surface area contributed by atoms with Crippen LogP contribution in [0.2, 0.25) is 10.0 Å². The van der Waals surface area contributed by atoms with Crippen molar-refractivity contribution in [3.05, 3.63) is 52.5 Å². The van der Waals surface area contributed by atoms with E-state index >= 15 is 0 Å². The molecule has 7 heteroatoms. The van der Waals surface area contributed by atoms with Crippen molar-refractivity contribution in [3.63, 3.8) is 0 Å². The molecule has 0 bridgehead atoms. The molecule has 0 fully saturated rings. The fourth-order valence-corrected chi connectivity index (χ4v) is 3.26. The van der Waals surface area contributed by atoms with Crippen LogP contribution in [0, 0.1) is 0 Å². The number of anilines is 2. The fraction of sp³-hybridized carbons (Fsp3) is 0.133. The highest BCUT2D eigenvalue weighted by atomic mass is 35.5. The van der Waals surface area contributed by atoms with Crippen LogP contribution in [0.25, 0.3) is 0 Å². The molecule has 2 N–H and O–H groups in total. The summed E-state index contributed by atoms with van der Waals surface area (Å²) in [5, 5.41) is 8.30. The van der Waals surface area contributed by atoms with Crippen molar-refractivity contribution >= 4 is 64.4 Å². The molecule has 3 nitrogen and oxygen atoms in total. The molecule has 0 heterocycles. The zero-order chi connectivity index (χ0) is 16.3. The van der Waals surface area contributed by atoms with Gasteiger partial charge in [-0.25, -0.2) is 0 Å². The Morgan fingerprint density at radius 2 is 1.82 bits per heavy atom. The summed E-state index contributed by atoms with van der Waals surface area (Å²) in [6, 6.07) is 12.5. The van der Waals surface area contributed by atoms with Crippen LogP contribution in [0.4, 0.5) is 11.4 Å². The van der Waals surface area contributed by atoms with Gasteiger partial charge in [0.2, 0.25) is 0 Å². The molecule has 0 amide bonds. The molecule has 0 saturated carbocycles. The Bertz CT molecular complexity index is 761. The van der Waals surface area contributed by atoms with Gasteiger partial charge in [-0.05, 0) is 55.9 Å². The Morgan fingerprint density at radius 3 is 2.50 bits per heavy atom. The lowest BCUT2D eigenvalue weighted by molar-refractivity contribution is 0.588. The summed E-state index contributed by atoms with van der Waals surface area (Å²) in [4.78, 5) is 0. The van der Waals surface area contributed by atoms with Gasteiger partial charge in [-0.2, -0.15) is 0 Å². The van der Waals surface area contributed by atoms with Crippen LogP contribution in [0.1, 0.15) is 0 Å². The van der Waals surface area contributed by atoms with Crippen LogP contribution in [-0.4, -0.2) is 18.4 Å². The van der Waals surface area contributed by atoms with Gasteiger partial charge >= 0.3 is 0 Å².